The fourth-order valence-corrected chi connectivity index (χ4v) is 1.43. The second-order valence-electron chi connectivity index (χ2n) is 2.51. The normalized spacial score (nSPS) is 9.21. The minimum atomic E-state index is -0.398. The summed E-state index contributed by atoms with van der Waals surface area (Å²) in [4.78, 5) is 11.4. The molecule has 0 radical (unpaired) electrons. The Balaban J connectivity index is 2.86. The first-order chi connectivity index (χ1) is 6.65. The van der Waals surface area contributed by atoms with E-state index in [4.69, 9.17) is 6.42 Å². The van der Waals surface area contributed by atoms with Crippen LogP contribution < -0.4 is 5.32 Å². The molecule has 0 saturated heterocycles. The Morgan fingerprint density at radius 2 is 2.36 bits per heavy atom. The Morgan fingerprint density at radius 3 is 2.93 bits per heavy atom. The number of carbonyl (C=O) groups is 1. The molecule has 0 unspecified atom stereocenters. The molecule has 0 fully saturated rings. The van der Waals surface area contributed by atoms with Gasteiger partial charge in [-0.05, 0) is 34.1 Å². The molecular weight excluding hydrogens is 249 g/mol. The monoisotopic (exact) mass is 255 g/mol. The maximum absolute atomic E-state index is 12.7. The van der Waals surface area contributed by atoms with Crippen LogP contribution in [0, 0.1) is 18.2 Å². The zero-order valence-electron chi connectivity index (χ0n) is 7.18. The van der Waals surface area contributed by atoms with Crippen molar-refractivity contribution in [3.63, 3.8) is 0 Å². The summed E-state index contributed by atoms with van der Waals surface area (Å²) < 4.78 is 13.1. The van der Waals surface area contributed by atoms with Crippen molar-refractivity contribution in [2.75, 3.05) is 6.54 Å². The molecule has 0 spiro atoms. The summed E-state index contributed by atoms with van der Waals surface area (Å²) in [6.45, 7) is 0.155. The second kappa shape index (κ2) is 4.77. The van der Waals surface area contributed by atoms with Gasteiger partial charge in [0.15, 0.2) is 0 Å². The number of amides is 1. The van der Waals surface area contributed by atoms with Gasteiger partial charge in [0, 0.05) is 4.47 Å². The van der Waals surface area contributed by atoms with Gasteiger partial charge in [0.1, 0.15) is 5.82 Å². The third-order valence-electron chi connectivity index (χ3n) is 1.53. The lowest BCUT2D eigenvalue weighted by molar-refractivity contribution is 0.0958. The molecule has 0 aliphatic rings. The fourth-order valence-electron chi connectivity index (χ4n) is 0.900. The Hall–Kier alpha value is -1.34. The van der Waals surface area contributed by atoms with Gasteiger partial charge in [0.05, 0.1) is 12.1 Å². The van der Waals surface area contributed by atoms with Gasteiger partial charge in [-0.2, -0.15) is 0 Å². The van der Waals surface area contributed by atoms with Crippen LogP contribution in [0.3, 0.4) is 0 Å². The van der Waals surface area contributed by atoms with Crippen molar-refractivity contribution in [2.24, 2.45) is 0 Å². The van der Waals surface area contributed by atoms with Crippen molar-refractivity contribution >= 4 is 21.8 Å². The molecule has 14 heavy (non-hydrogen) atoms. The van der Waals surface area contributed by atoms with E-state index in [1.807, 2.05) is 0 Å². The van der Waals surface area contributed by atoms with Crippen LogP contribution in [-0.2, 0) is 0 Å². The third kappa shape index (κ3) is 2.57. The van der Waals surface area contributed by atoms with Crippen LogP contribution in [0.5, 0.6) is 0 Å². The highest BCUT2D eigenvalue weighted by Crippen LogP contribution is 2.17. The Labute approximate surface area is 89.6 Å². The highest BCUT2D eigenvalue weighted by Gasteiger charge is 2.09. The summed E-state index contributed by atoms with van der Waals surface area (Å²) in [6, 6.07) is 3.84. The highest BCUT2D eigenvalue weighted by atomic mass is 79.9. The van der Waals surface area contributed by atoms with Crippen molar-refractivity contribution in [3.05, 3.63) is 34.1 Å². The summed E-state index contributed by atoms with van der Waals surface area (Å²) in [5, 5.41) is 2.48. The lowest BCUT2D eigenvalue weighted by Gasteiger charge is -2.03. The molecule has 1 N–H and O–H groups in total. The van der Waals surface area contributed by atoms with Crippen LogP contribution in [0.4, 0.5) is 4.39 Å². The molecule has 0 aliphatic heterocycles. The number of hydrogen-bond donors (Lipinski definition) is 1. The molecule has 1 aromatic rings. The Bertz CT molecular complexity index is 398. The van der Waals surface area contributed by atoms with Gasteiger partial charge < -0.3 is 5.32 Å². The molecule has 0 atom stereocenters. The quantitative estimate of drug-likeness (QED) is 0.805. The summed E-state index contributed by atoms with van der Waals surface area (Å²) >= 11 is 3.09. The number of rotatable bonds is 2. The molecule has 0 bridgehead atoms. The summed E-state index contributed by atoms with van der Waals surface area (Å²) in [5.41, 5.74) is 0.363. The number of benzene rings is 1. The van der Waals surface area contributed by atoms with Crippen LogP contribution in [0.25, 0.3) is 0 Å². The van der Waals surface area contributed by atoms with Crippen LogP contribution in [0.2, 0.25) is 0 Å². The van der Waals surface area contributed by atoms with Gasteiger partial charge in [0.25, 0.3) is 5.91 Å². The lowest BCUT2D eigenvalue weighted by Crippen LogP contribution is -2.23. The number of halogens is 2. The summed E-state index contributed by atoms with van der Waals surface area (Å²) in [5.74, 6) is 1.56. The first kappa shape index (κ1) is 10.7. The largest absolute Gasteiger partial charge is 0.341 e. The number of nitrogens with one attached hydrogen (secondary N) is 1. The van der Waals surface area contributed by atoms with E-state index in [1.165, 1.54) is 18.2 Å². The highest BCUT2D eigenvalue weighted by molar-refractivity contribution is 9.10. The van der Waals surface area contributed by atoms with Crippen molar-refractivity contribution in [1.82, 2.24) is 5.32 Å². The van der Waals surface area contributed by atoms with Crippen molar-refractivity contribution in [1.29, 1.82) is 0 Å². The van der Waals surface area contributed by atoms with Gasteiger partial charge in [-0.1, -0.05) is 5.92 Å². The van der Waals surface area contributed by atoms with E-state index in [-0.39, 0.29) is 12.5 Å². The van der Waals surface area contributed by atoms with E-state index in [0.29, 0.717) is 10.0 Å². The van der Waals surface area contributed by atoms with Crippen molar-refractivity contribution < 1.29 is 9.18 Å². The number of terminal acetylenes is 1. The summed E-state index contributed by atoms with van der Waals surface area (Å²) in [6.07, 6.45) is 4.98. The maximum atomic E-state index is 12.7. The van der Waals surface area contributed by atoms with Crippen LogP contribution in [0.15, 0.2) is 22.7 Å². The van der Waals surface area contributed by atoms with Gasteiger partial charge in [-0.25, -0.2) is 4.39 Å². The topological polar surface area (TPSA) is 29.1 Å². The molecule has 0 aromatic heterocycles. The van der Waals surface area contributed by atoms with Gasteiger partial charge in [-0.15, -0.1) is 6.42 Å². The van der Waals surface area contributed by atoms with Crippen LogP contribution in [0.1, 0.15) is 10.4 Å². The molecule has 1 aromatic carbocycles. The zero-order chi connectivity index (χ0) is 10.6. The molecule has 1 amide bonds. The lowest BCUT2D eigenvalue weighted by atomic mass is 10.2. The van der Waals surface area contributed by atoms with Crippen molar-refractivity contribution in [3.8, 4) is 12.3 Å². The molecule has 2 nitrogen and oxygen atoms in total. The van der Waals surface area contributed by atoms with Crippen LogP contribution >= 0.6 is 15.9 Å². The average molecular weight is 256 g/mol. The SMILES string of the molecule is C#CCNC(=O)c1ccc(F)cc1Br. The first-order valence-corrected chi connectivity index (χ1v) is 4.61. The molecule has 0 aliphatic carbocycles. The van der Waals surface area contributed by atoms with E-state index in [0.717, 1.165) is 0 Å². The number of carbonyl (C=O) groups excluding carboxylic acids is 1. The molecule has 72 valence electrons. The van der Waals surface area contributed by atoms with Gasteiger partial charge in [0.2, 0.25) is 0 Å². The van der Waals surface area contributed by atoms with Crippen molar-refractivity contribution in [2.45, 2.75) is 0 Å². The molecule has 0 saturated carbocycles. The zero-order valence-corrected chi connectivity index (χ0v) is 8.77. The number of hydrogen-bond acceptors (Lipinski definition) is 1. The average Bonchev–Trinajstić information content (AvgIpc) is 2.14. The predicted molar refractivity (Wildman–Crippen MR) is 55.3 cm³/mol. The molecule has 0 heterocycles. The smallest absolute Gasteiger partial charge is 0.253 e. The predicted octanol–water partition coefficient (Wildman–Crippen LogP) is 1.95. The van der Waals surface area contributed by atoms with E-state index < -0.39 is 5.82 Å². The van der Waals surface area contributed by atoms with E-state index in [9.17, 15) is 9.18 Å². The van der Waals surface area contributed by atoms with E-state index in [2.05, 4.69) is 27.2 Å². The van der Waals surface area contributed by atoms with Gasteiger partial charge in [-0.3, -0.25) is 4.79 Å². The maximum Gasteiger partial charge on any atom is 0.253 e. The van der Waals surface area contributed by atoms with Gasteiger partial charge >= 0.3 is 0 Å². The van der Waals surface area contributed by atoms with E-state index in [1.54, 1.807) is 0 Å². The fraction of sp³-hybridized carbons (Fsp3) is 0.100. The Kier molecular flexibility index (Phi) is 3.66. The second-order valence-corrected chi connectivity index (χ2v) is 3.37. The molecule has 4 heteroatoms. The summed E-state index contributed by atoms with van der Waals surface area (Å²) in [7, 11) is 0. The third-order valence-corrected chi connectivity index (χ3v) is 2.18. The van der Waals surface area contributed by atoms with E-state index >= 15 is 0 Å². The first-order valence-electron chi connectivity index (χ1n) is 3.82. The minimum Gasteiger partial charge on any atom is -0.341 e. The minimum absolute atomic E-state index is 0.155. The van der Waals surface area contributed by atoms with Crippen LogP contribution in [-0.4, -0.2) is 12.5 Å². The molecule has 1 rings (SSSR count). The standard InChI is InChI=1S/C10H7BrFNO/c1-2-5-13-10(14)8-4-3-7(12)6-9(8)11/h1,3-4,6H,5H2,(H,13,14). The Morgan fingerprint density at radius 1 is 1.64 bits per heavy atom. The molecular formula is C10H7BrFNO.